The Morgan fingerprint density at radius 2 is 2.00 bits per heavy atom. The van der Waals surface area contributed by atoms with E-state index in [9.17, 15) is 0 Å². The van der Waals surface area contributed by atoms with E-state index < -0.39 is 0 Å². The molecule has 0 saturated carbocycles. The fourth-order valence-corrected chi connectivity index (χ4v) is 0.236. The van der Waals surface area contributed by atoms with Crippen molar-refractivity contribution < 1.29 is 0 Å². The Kier molecular flexibility index (Phi) is 7.96. The van der Waals surface area contributed by atoms with Crippen LogP contribution in [0.25, 0.3) is 0 Å². The summed E-state index contributed by atoms with van der Waals surface area (Å²) in [4.78, 5) is 0. The van der Waals surface area contributed by atoms with E-state index in [0.29, 0.717) is 5.92 Å². The summed E-state index contributed by atoms with van der Waals surface area (Å²) in [5.41, 5.74) is 0. The average molecular weight is 101 g/mol. The molecular weight excluding hydrogens is 86.1 g/mol. The Hall–Kier alpha value is -0.330. The van der Waals surface area contributed by atoms with E-state index in [1.807, 2.05) is 0 Å². The van der Waals surface area contributed by atoms with Crippen LogP contribution in [-0.4, -0.2) is 6.21 Å². The summed E-state index contributed by atoms with van der Waals surface area (Å²) >= 11 is 0. The lowest BCUT2D eigenvalue weighted by atomic mass is 10.2. The predicted octanol–water partition coefficient (Wildman–Crippen LogP) is 2.32. The lowest BCUT2D eigenvalue weighted by molar-refractivity contribution is 0.689. The van der Waals surface area contributed by atoms with Gasteiger partial charge in [0.15, 0.2) is 0 Å². The first kappa shape index (κ1) is 9.83. The molecular formula is C6H15N. The molecule has 0 aromatic rings. The monoisotopic (exact) mass is 101 g/mol. The third-order valence-corrected chi connectivity index (χ3v) is 0.589. The minimum atomic E-state index is 0. The van der Waals surface area contributed by atoms with Crippen molar-refractivity contribution in [2.45, 2.75) is 27.7 Å². The summed E-state index contributed by atoms with van der Waals surface area (Å²) in [6, 6.07) is 0. The van der Waals surface area contributed by atoms with Gasteiger partial charge in [-0.2, -0.15) is 0 Å². The van der Waals surface area contributed by atoms with Gasteiger partial charge in [-0.15, -0.1) is 0 Å². The molecule has 0 aromatic heterocycles. The molecule has 0 aromatic carbocycles. The molecule has 0 bridgehead atoms. The fraction of sp³-hybridized carbons (Fsp3) is 0.833. The van der Waals surface area contributed by atoms with Crippen molar-refractivity contribution >= 4 is 6.21 Å². The van der Waals surface area contributed by atoms with Gasteiger partial charge in [0.25, 0.3) is 0 Å². The zero-order valence-corrected chi connectivity index (χ0v) is 4.36. The summed E-state index contributed by atoms with van der Waals surface area (Å²) in [6.45, 7) is 4.20. The maximum absolute atomic E-state index is 6.61. The first-order valence-electron chi connectivity index (χ1n) is 2.26. The van der Waals surface area contributed by atoms with E-state index in [0.717, 1.165) is 6.42 Å². The molecule has 0 aliphatic rings. The SMILES string of the molecule is C.CC(C)CC=N. The second-order valence-electron chi connectivity index (χ2n) is 1.83. The molecule has 0 radical (unpaired) electrons. The highest BCUT2D eigenvalue weighted by molar-refractivity contribution is 5.52. The first-order valence-corrected chi connectivity index (χ1v) is 2.26. The van der Waals surface area contributed by atoms with E-state index >= 15 is 0 Å². The molecule has 0 spiro atoms. The molecule has 44 valence electrons. The second kappa shape index (κ2) is 5.67. The highest BCUT2D eigenvalue weighted by atomic mass is 14.3. The van der Waals surface area contributed by atoms with Gasteiger partial charge in [0.05, 0.1) is 0 Å². The predicted molar refractivity (Wildman–Crippen MR) is 35.0 cm³/mol. The summed E-state index contributed by atoms with van der Waals surface area (Å²) in [5.74, 6) is 0.655. The summed E-state index contributed by atoms with van der Waals surface area (Å²) < 4.78 is 0. The molecule has 1 heteroatoms. The van der Waals surface area contributed by atoms with Gasteiger partial charge in [0.2, 0.25) is 0 Å². The Balaban J connectivity index is 0. The highest BCUT2D eigenvalue weighted by Gasteiger charge is 1.83. The third kappa shape index (κ3) is 10.7. The molecule has 0 saturated heterocycles. The van der Waals surface area contributed by atoms with Gasteiger partial charge in [-0.05, 0) is 18.6 Å². The topological polar surface area (TPSA) is 23.9 Å². The molecule has 0 aliphatic heterocycles. The van der Waals surface area contributed by atoms with Crippen LogP contribution in [0.1, 0.15) is 27.7 Å². The van der Waals surface area contributed by atoms with Gasteiger partial charge < -0.3 is 5.41 Å². The molecule has 0 heterocycles. The van der Waals surface area contributed by atoms with E-state index in [4.69, 9.17) is 5.41 Å². The molecule has 0 atom stereocenters. The van der Waals surface area contributed by atoms with Crippen molar-refractivity contribution in [2.75, 3.05) is 0 Å². The maximum atomic E-state index is 6.61. The van der Waals surface area contributed by atoms with E-state index in [1.54, 1.807) is 0 Å². The average Bonchev–Trinajstić information content (AvgIpc) is 1.35. The molecule has 0 fully saturated rings. The van der Waals surface area contributed by atoms with Gasteiger partial charge in [0, 0.05) is 0 Å². The zero-order chi connectivity index (χ0) is 4.99. The van der Waals surface area contributed by atoms with Crippen molar-refractivity contribution in [3.8, 4) is 0 Å². The fourth-order valence-electron chi connectivity index (χ4n) is 0.236. The van der Waals surface area contributed by atoms with Gasteiger partial charge in [-0.25, -0.2) is 0 Å². The third-order valence-electron chi connectivity index (χ3n) is 0.589. The minimum Gasteiger partial charge on any atom is -0.313 e. The van der Waals surface area contributed by atoms with Crippen LogP contribution in [0, 0.1) is 11.3 Å². The number of rotatable bonds is 2. The van der Waals surface area contributed by atoms with Crippen LogP contribution >= 0.6 is 0 Å². The van der Waals surface area contributed by atoms with Gasteiger partial charge >= 0.3 is 0 Å². The lowest BCUT2D eigenvalue weighted by Gasteiger charge is -1.91. The largest absolute Gasteiger partial charge is 0.313 e. The molecule has 7 heavy (non-hydrogen) atoms. The number of hydrogen-bond donors (Lipinski definition) is 1. The standard InChI is InChI=1S/C5H11N.CH4/c1-5(2)3-4-6;/h4-6H,3H2,1-2H3;1H4. The van der Waals surface area contributed by atoms with Crippen LogP contribution in [0.3, 0.4) is 0 Å². The van der Waals surface area contributed by atoms with Crippen LogP contribution < -0.4 is 0 Å². The van der Waals surface area contributed by atoms with E-state index in [-0.39, 0.29) is 7.43 Å². The lowest BCUT2D eigenvalue weighted by Crippen LogP contribution is -1.84. The number of nitrogens with one attached hydrogen (secondary N) is 1. The van der Waals surface area contributed by atoms with Crippen molar-refractivity contribution in [1.82, 2.24) is 0 Å². The zero-order valence-electron chi connectivity index (χ0n) is 4.36. The van der Waals surface area contributed by atoms with Crippen LogP contribution in [0.2, 0.25) is 0 Å². The van der Waals surface area contributed by atoms with E-state index in [1.165, 1.54) is 6.21 Å². The molecule has 0 unspecified atom stereocenters. The van der Waals surface area contributed by atoms with Crippen molar-refractivity contribution in [3.63, 3.8) is 0 Å². The van der Waals surface area contributed by atoms with Crippen molar-refractivity contribution in [2.24, 2.45) is 5.92 Å². The highest BCUT2D eigenvalue weighted by Crippen LogP contribution is 1.92. The number of hydrogen-bond acceptors (Lipinski definition) is 1. The first-order chi connectivity index (χ1) is 2.77. The molecule has 1 N–H and O–H groups in total. The molecule has 1 nitrogen and oxygen atoms in total. The minimum absolute atomic E-state index is 0. The summed E-state index contributed by atoms with van der Waals surface area (Å²) in [5, 5.41) is 6.61. The Bertz CT molecular complexity index is 39.4. The summed E-state index contributed by atoms with van der Waals surface area (Å²) in [7, 11) is 0. The van der Waals surface area contributed by atoms with Crippen LogP contribution in [0.5, 0.6) is 0 Å². The summed E-state index contributed by atoms with van der Waals surface area (Å²) in [6.07, 6.45) is 2.37. The molecule has 0 amide bonds. The van der Waals surface area contributed by atoms with Crippen LogP contribution in [0.4, 0.5) is 0 Å². The molecule has 0 rings (SSSR count). The van der Waals surface area contributed by atoms with Gasteiger partial charge in [-0.3, -0.25) is 0 Å². The van der Waals surface area contributed by atoms with Crippen molar-refractivity contribution in [1.29, 1.82) is 5.41 Å². The normalized spacial score (nSPS) is 7.86. The van der Waals surface area contributed by atoms with Crippen LogP contribution in [0.15, 0.2) is 0 Å². The van der Waals surface area contributed by atoms with Crippen molar-refractivity contribution in [3.05, 3.63) is 0 Å². The second-order valence-corrected chi connectivity index (χ2v) is 1.83. The maximum Gasteiger partial charge on any atom is -0.00452 e. The smallest absolute Gasteiger partial charge is 0.00452 e. The Morgan fingerprint density at radius 1 is 1.57 bits per heavy atom. The Labute approximate surface area is 46.3 Å². The quantitative estimate of drug-likeness (QED) is 0.516. The molecule has 0 aliphatic carbocycles. The van der Waals surface area contributed by atoms with Gasteiger partial charge in [-0.1, -0.05) is 21.3 Å². The Morgan fingerprint density at radius 3 is 2.00 bits per heavy atom. The van der Waals surface area contributed by atoms with Gasteiger partial charge in [0.1, 0.15) is 0 Å². The van der Waals surface area contributed by atoms with Crippen LogP contribution in [-0.2, 0) is 0 Å². The van der Waals surface area contributed by atoms with E-state index in [2.05, 4.69) is 13.8 Å².